The molecular weight excluding hydrogens is 318 g/mol. The van der Waals surface area contributed by atoms with Crippen molar-refractivity contribution < 1.29 is 14.3 Å². The minimum Gasteiger partial charge on any atom is -0.497 e. The van der Waals surface area contributed by atoms with Gasteiger partial charge in [0.15, 0.2) is 6.61 Å². The molecule has 2 rings (SSSR count). The van der Waals surface area contributed by atoms with Gasteiger partial charge in [0.25, 0.3) is 5.91 Å². The Labute approximate surface area is 145 Å². The molecule has 0 spiro atoms. The van der Waals surface area contributed by atoms with Crippen LogP contribution in [0.15, 0.2) is 54.1 Å². The molecule has 0 aromatic heterocycles. The summed E-state index contributed by atoms with van der Waals surface area (Å²) in [6, 6.07) is 17.3. The highest BCUT2D eigenvalue weighted by atomic mass is 16.5. The van der Waals surface area contributed by atoms with Gasteiger partial charge < -0.3 is 14.8 Å². The second-order valence-electron chi connectivity index (χ2n) is 4.87. The van der Waals surface area contributed by atoms with Crippen molar-refractivity contribution in [2.24, 2.45) is 0 Å². The van der Waals surface area contributed by atoms with Gasteiger partial charge in [0.1, 0.15) is 29.2 Å². The number of carbonyl (C=O) groups excluding carboxylic acids is 1. The Hall–Kier alpha value is -3.77. The lowest BCUT2D eigenvalue weighted by atomic mass is 10.1. The molecule has 0 saturated heterocycles. The average Bonchev–Trinajstić information content (AvgIpc) is 2.65. The van der Waals surface area contributed by atoms with Gasteiger partial charge in [0.05, 0.1) is 7.11 Å². The van der Waals surface area contributed by atoms with Gasteiger partial charge in [-0.05, 0) is 48.0 Å². The Bertz CT molecular complexity index is 841. The monoisotopic (exact) mass is 333 g/mol. The van der Waals surface area contributed by atoms with Crippen LogP contribution in [-0.4, -0.2) is 19.6 Å². The number of methoxy groups -OCH3 is 1. The summed E-state index contributed by atoms with van der Waals surface area (Å²) in [4.78, 5) is 12.2. The van der Waals surface area contributed by atoms with Crippen molar-refractivity contribution in [3.8, 4) is 23.6 Å². The molecule has 0 saturated carbocycles. The molecule has 0 aliphatic rings. The zero-order valence-corrected chi connectivity index (χ0v) is 13.5. The van der Waals surface area contributed by atoms with Crippen molar-refractivity contribution in [2.75, 3.05) is 19.0 Å². The molecule has 0 unspecified atom stereocenters. The molecule has 0 aliphatic heterocycles. The SMILES string of the molecule is COc1ccc(NC(=O)/C(C#N)=C\c2ccc(OCC#N)cc2)cc1. The number of hydrogen-bond donors (Lipinski definition) is 1. The lowest BCUT2D eigenvalue weighted by molar-refractivity contribution is -0.112. The quantitative estimate of drug-likeness (QED) is 0.647. The number of nitrogens with one attached hydrogen (secondary N) is 1. The normalized spacial score (nSPS) is 10.3. The fourth-order valence-electron chi connectivity index (χ4n) is 1.96. The van der Waals surface area contributed by atoms with E-state index in [4.69, 9.17) is 14.7 Å². The van der Waals surface area contributed by atoms with Crippen LogP contribution in [0.25, 0.3) is 6.08 Å². The maximum atomic E-state index is 12.2. The Balaban J connectivity index is 2.09. The van der Waals surface area contributed by atoms with E-state index in [1.165, 1.54) is 6.08 Å². The van der Waals surface area contributed by atoms with E-state index in [9.17, 15) is 10.1 Å². The van der Waals surface area contributed by atoms with Gasteiger partial charge in [0, 0.05) is 5.69 Å². The predicted molar refractivity (Wildman–Crippen MR) is 92.8 cm³/mol. The van der Waals surface area contributed by atoms with Crippen LogP contribution in [-0.2, 0) is 4.79 Å². The van der Waals surface area contributed by atoms with Crippen LogP contribution in [0, 0.1) is 22.7 Å². The van der Waals surface area contributed by atoms with Gasteiger partial charge in [-0.15, -0.1) is 0 Å². The maximum Gasteiger partial charge on any atom is 0.266 e. The molecule has 1 amide bonds. The third-order valence-electron chi connectivity index (χ3n) is 3.21. The number of rotatable bonds is 6. The lowest BCUT2D eigenvalue weighted by Gasteiger charge is -2.06. The number of benzene rings is 2. The molecule has 6 nitrogen and oxygen atoms in total. The van der Waals surface area contributed by atoms with Gasteiger partial charge in [-0.3, -0.25) is 4.79 Å². The van der Waals surface area contributed by atoms with E-state index in [2.05, 4.69) is 5.32 Å². The summed E-state index contributed by atoms with van der Waals surface area (Å²) < 4.78 is 10.2. The second-order valence-corrected chi connectivity index (χ2v) is 4.87. The zero-order chi connectivity index (χ0) is 18.1. The number of nitrogens with zero attached hydrogens (tertiary/aromatic N) is 2. The number of anilines is 1. The van der Waals surface area contributed by atoms with Crippen LogP contribution in [0.5, 0.6) is 11.5 Å². The number of hydrogen-bond acceptors (Lipinski definition) is 5. The van der Waals surface area contributed by atoms with E-state index in [0.717, 1.165) is 0 Å². The molecule has 2 aromatic carbocycles. The van der Waals surface area contributed by atoms with E-state index < -0.39 is 5.91 Å². The summed E-state index contributed by atoms with van der Waals surface area (Å²) in [5.74, 6) is 0.713. The molecule has 124 valence electrons. The standard InChI is InChI=1S/C19H15N3O3/c1-24-17-8-4-16(5-9-17)22-19(23)15(13-21)12-14-2-6-18(7-3-14)25-11-10-20/h2-9,12H,11H2,1H3,(H,22,23)/b15-12-. The Morgan fingerprint density at radius 1 is 1.08 bits per heavy atom. The summed E-state index contributed by atoms with van der Waals surface area (Å²) in [6.07, 6.45) is 1.48. The molecule has 6 heteroatoms. The van der Waals surface area contributed by atoms with Gasteiger partial charge in [-0.2, -0.15) is 10.5 Å². The van der Waals surface area contributed by atoms with Crippen molar-refractivity contribution in [1.29, 1.82) is 10.5 Å². The second kappa shape index (κ2) is 8.76. The summed E-state index contributed by atoms with van der Waals surface area (Å²) in [5, 5.41) is 20.4. The summed E-state index contributed by atoms with van der Waals surface area (Å²) in [5.41, 5.74) is 1.21. The van der Waals surface area contributed by atoms with E-state index in [-0.39, 0.29) is 12.2 Å². The molecule has 0 aliphatic carbocycles. The highest BCUT2D eigenvalue weighted by molar-refractivity contribution is 6.09. The van der Waals surface area contributed by atoms with Crippen molar-refractivity contribution >= 4 is 17.7 Å². The van der Waals surface area contributed by atoms with Crippen molar-refractivity contribution in [3.63, 3.8) is 0 Å². The third-order valence-corrected chi connectivity index (χ3v) is 3.21. The van der Waals surface area contributed by atoms with E-state index in [0.29, 0.717) is 22.7 Å². The van der Waals surface area contributed by atoms with Gasteiger partial charge >= 0.3 is 0 Å². The Morgan fingerprint density at radius 2 is 1.72 bits per heavy atom. The fourth-order valence-corrected chi connectivity index (χ4v) is 1.96. The largest absolute Gasteiger partial charge is 0.497 e. The van der Waals surface area contributed by atoms with Crippen LogP contribution >= 0.6 is 0 Å². The van der Waals surface area contributed by atoms with E-state index >= 15 is 0 Å². The number of amides is 1. The molecule has 0 radical (unpaired) electrons. The van der Waals surface area contributed by atoms with Gasteiger partial charge in [-0.1, -0.05) is 12.1 Å². The number of carbonyl (C=O) groups is 1. The maximum absolute atomic E-state index is 12.2. The first-order valence-electron chi connectivity index (χ1n) is 7.33. The molecule has 25 heavy (non-hydrogen) atoms. The Kier molecular flexibility index (Phi) is 6.16. The van der Waals surface area contributed by atoms with Crippen molar-refractivity contribution in [3.05, 3.63) is 59.7 Å². The predicted octanol–water partition coefficient (Wildman–Crippen LogP) is 3.14. The topological polar surface area (TPSA) is 95.1 Å². The lowest BCUT2D eigenvalue weighted by Crippen LogP contribution is -2.13. The number of ether oxygens (including phenoxy) is 2. The molecular formula is C19H15N3O3. The molecule has 0 bridgehead atoms. The Morgan fingerprint density at radius 3 is 2.28 bits per heavy atom. The van der Waals surface area contributed by atoms with E-state index in [1.54, 1.807) is 55.6 Å². The highest BCUT2D eigenvalue weighted by Crippen LogP contribution is 2.17. The molecule has 0 atom stereocenters. The summed E-state index contributed by atoms with van der Waals surface area (Å²) >= 11 is 0. The first-order valence-corrected chi connectivity index (χ1v) is 7.33. The minimum atomic E-state index is -0.502. The highest BCUT2D eigenvalue weighted by Gasteiger charge is 2.09. The van der Waals surface area contributed by atoms with E-state index in [1.807, 2.05) is 12.1 Å². The van der Waals surface area contributed by atoms with Crippen molar-refractivity contribution in [2.45, 2.75) is 0 Å². The van der Waals surface area contributed by atoms with Crippen LogP contribution in [0.4, 0.5) is 5.69 Å². The smallest absolute Gasteiger partial charge is 0.266 e. The van der Waals surface area contributed by atoms with Gasteiger partial charge in [-0.25, -0.2) is 0 Å². The zero-order valence-electron chi connectivity index (χ0n) is 13.5. The number of nitriles is 2. The van der Waals surface area contributed by atoms with Crippen LogP contribution in [0.1, 0.15) is 5.56 Å². The van der Waals surface area contributed by atoms with Crippen LogP contribution in [0.2, 0.25) is 0 Å². The third kappa shape index (κ3) is 5.12. The van der Waals surface area contributed by atoms with Crippen molar-refractivity contribution in [1.82, 2.24) is 0 Å². The fraction of sp³-hybridized carbons (Fsp3) is 0.105. The minimum absolute atomic E-state index is 0.0264. The molecule has 2 aromatic rings. The first kappa shape index (κ1) is 17.6. The molecule has 0 heterocycles. The molecule has 0 fully saturated rings. The molecule has 1 N–H and O–H groups in total. The average molecular weight is 333 g/mol. The van der Waals surface area contributed by atoms with Crippen LogP contribution in [0.3, 0.4) is 0 Å². The summed E-state index contributed by atoms with van der Waals surface area (Å²) in [6.45, 7) is -0.0388. The first-order chi connectivity index (χ1) is 12.2. The summed E-state index contributed by atoms with van der Waals surface area (Å²) in [7, 11) is 1.56. The van der Waals surface area contributed by atoms with Gasteiger partial charge in [0.2, 0.25) is 0 Å². The van der Waals surface area contributed by atoms with Crippen LogP contribution < -0.4 is 14.8 Å².